The summed E-state index contributed by atoms with van der Waals surface area (Å²) in [6, 6.07) is 1.64. The average molecular weight is 596 g/mol. The van der Waals surface area contributed by atoms with Gasteiger partial charge < -0.3 is 31.1 Å². The van der Waals surface area contributed by atoms with Crippen molar-refractivity contribution in [1.82, 2.24) is 4.90 Å². The number of ether oxygens (including phenoxy) is 1. The highest BCUT2D eigenvalue weighted by molar-refractivity contribution is 6.32. The van der Waals surface area contributed by atoms with Crippen molar-refractivity contribution in [3.8, 4) is 5.75 Å². The van der Waals surface area contributed by atoms with E-state index in [0.29, 0.717) is 16.8 Å². The van der Waals surface area contributed by atoms with Crippen molar-refractivity contribution in [2.75, 3.05) is 26.0 Å². The van der Waals surface area contributed by atoms with E-state index in [0.717, 1.165) is 0 Å². The Labute approximate surface area is 246 Å². The molecule has 4 aliphatic rings. The van der Waals surface area contributed by atoms with E-state index in [1.807, 2.05) is 0 Å². The molecule has 0 spiro atoms. The molecule has 2 fully saturated rings. The number of fused-ring (bicyclic) bond motifs is 3. The summed E-state index contributed by atoms with van der Waals surface area (Å²) in [5, 5.41) is 37.6. The fraction of sp³-hybridized carbons (Fsp3) is 0.467. The molecular weight excluding hydrogens is 562 g/mol. The molecule has 2 saturated carbocycles. The standard InChI is InChI=1S/C30H33N3O10/c1-5-43-29(41)12-6-7-13(10-12)32-15-9-8-14-11(2)16-18(23(35)17(14)22(15)34)26(38)30(42)20(24(16)36)21(33(3)4)25(37)19(27(30)39)28(31)40/h7-11,16,18-21,24,32,34,36,42H,5-6H2,1-4H3,(H2,31,40)/t11-,16+,18?,19?,20+,21-,24-,30-/m1/s1. The first kappa shape index (κ1) is 30.3. The molecule has 1 amide bonds. The fourth-order valence-electron chi connectivity index (χ4n) is 7.22. The lowest BCUT2D eigenvalue weighted by molar-refractivity contribution is -0.196. The third kappa shape index (κ3) is 4.25. The van der Waals surface area contributed by atoms with Crippen molar-refractivity contribution >= 4 is 40.7 Å². The zero-order chi connectivity index (χ0) is 31.7. The van der Waals surface area contributed by atoms with Crippen molar-refractivity contribution in [2.45, 2.75) is 43.9 Å². The molecular formula is C30H33N3O10. The number of hydrogen-bond acceptors (Lipinski definition) is 12. The van der Waals surface area contributed by atoms with E-state index in [1.165, 1.54) is 25.1 Å². The van der Waals surface area contributed by atoms with E-state index < -0.39 is 88.1 Å². The van der Waals surface area contributed by atoms with Gasteiger partial charge in [-0.3, -0.25) is 28.9 Å². The molecule has 6 N–H and O–H groups in total. The molecule has 0 heterocycles. The van der Waals surface area contributed by atoms with Gasteiger partial charge in [0.15, 0.2) is 34.7 Å². The molecule has 0 saturated heterocycles. The van der Waals surface area contributed by atoms with Gasteiger partial charge in [0, 0.05) is 17.2 Å². The van der Waals surface area contributed by atoms with Crippen molar-refractivity contribution in [1.29, 1.82) is 0 Å². The number of Topliss-reactive ketones (excluding diaryl/α,β-unsaturated/α-hetero) is 4. The molecule has 1 aromatic carbocycles. The summed E-state index contributed by atoms with van der Waals surface area (Å²) < 4.78 is 5.01. The zero-order valence-corrected chi connectivity index (χ0v) is 24.0. The van der Waals surface area contributed by atoms with Gasteiger partial charge in [-0.2, -0.15) is 0 Å². The number of phenolic OH excluding ortho intramolecular Hbond substituents is 1. The summed E-state index contributed by atoms with van der Waals surface area (Å²) in [6.45, 7) is 3.52. The fourth-order valence-corrected chi connectivity index (χ4v) is 7.22. The molecule has 13 heteroatoms. The number of nitrogens with one attached hydrogen (secondary N) is 1. The second kappa shape index (κ2) is 10.5. The molecule has 0 aliphatic heterocycles. The van der Waals surface area contributed by atoms with Crippen LogP contribution in [0.1, 0.15) is 42.1 Å². The molecule has 13 nitrogen and oxygen atoms in total. The minimum absolute atomic E-state index is 0.0894. The third-order valence-corrected chi connectivity index (χ3v) is 9.18. The normalized spacial score (nSPS) is 33.3. The highest BCUT2D eigenvalue weighted by atomic mass is 16.5. The van der Waals surface area contributed by atoms with Gasteiger partial charge in [-0.1, -0.05) is 19.1 Å². The van der Waals surface area contributed by atoms with E-state index >= 15 is 0 Å². The number of rotatable bonds is 6. The Morgan fingerprint density at radius 3 is 2.44 bits per heavy atom. The van der Waals surface area contributed by atoms with Crippen LogP contribution in [0.3, 0.4) is 0 Å². The number of likely N-dealkylation sites (N-methyl/N-ethyl adjacent to an activating group) is 1. The number of primary amides is 1. The van der Waals surface area contributed by atoms with Crippen LogP contribution in [0.15, 0.2) is 35.6 Å². The topological polar surface area (TPSA) is 214 Å². The molecule has 43 heavy (non-hydrogen) atoms. The summed E-state index contributed by atoms with van der Waals surface area (Å²) in [5.74, 6) is -14.5. The quantitative estimate of drug-likeness (QED) is 0.161. The summed E-state index contributed by atoms with van der Waals surface area (Å²) in [4.78, 5) is 80.3. The highest BCUT2D eigenvalue weighted by Crippen LogP contribution is 2.55. The first-order chi connectivity index (χ1) is 20.2. The summed E-state index contributed by atoms with van der Waals surface area (Å²) in [7, 11) is 2.87. The van der Waals surface area contributed by atoms with Gasteiger partial charge in [-0.15, -0.1) is 0 Å². The SMILES string of the molecule is CCOC(=O)C1=CC(Nc2ccc3c(c2O)C(=O)C2C(=O)[C@@]4(O)C(=O)C(C(N)=O)C(=O)[C@H](N(C)C)[C@H]4[C@H](O)[C@H]2[C@@H]3C)=CC1. The van der Waals surface area contributed by atoms with E-state index in [2.05, 4.69) is 5.32 Å². The number of ketones is 4. The highest BCUT2D eigenvalue weighted by Gasteiger charge is 2.72. The smallest absolute Gasteiger partial charge is 0.334 e. The lowest BCUT2D eigenvalue weighted by Gasteiger charge is -2.56. The predicted molar refractivity (Wildman–Crippen MR) is 148 cm³/mol. The van der Waals surface area contributed by atoms with Gasteiger partial charge in [0.2, 0.25) is 5.91 Å². The maximum atomic E-state index is 14.1. The number of hydrogen-bond donors (Lipinski definition) is 5. The van der Waals surface area contributed by atoms with Crippen LogP contribution in [-0.4, -0.2) is 93.7 Å². The van der Waals surface area contributed by atoms with E-state index in [1.54, 1.807) is 32.1 Å². The Morgan fingerprint density at radius 1 is 1.16 bits per heavy atom. The summed E-state index contributed by atoms with van der Waals surface area (Å²) >= 11 is 0. The van der Waals surface area contributed by atoms with Gasteiger partial charge in [0.1, 0.15) is 5.75 Å². The minimum Gasteiger partial charge on any atom is -0.505 e. The van der Waals surface area contributed by atoms with Crippen LogP contribution in [0.25, 0.3) is 0 Å². The number of carbonyl (C=O) groups excluding carboxylic acids is 6. The van der Waals surface area contributed by atoms with Crippen molar-refractivity contribution in [2.24, 2.45) is 29.4 Å². The number of esters is 1. The Kier molecular flexibility index (Phi) is 7.39. The van der Waals surface area contributed by atoms with Crippen LogP contribution in [0.4, 0.5) is 5.69 Å². The van der Waals surface area contributed by atoms with Crippen molar-refractivity contribution < 1.29 is 48.8 Å². The monoisotopic (exact) mass is 595 g/mol. The number of aliphatic hydroxyl groups is 2. The van der Waals surface area contributed by atoms with Gasteiger partial charge in [-0.25, -0.2) is 4.79 Å². The second-order valence-electron chi connectivity index (χ2n) is 11.7. The van der Waals surface area contributed by atoms with Gasteiger partial charge in [0.05, 0.1) is 41.8 Å². The Bertz CT molecular complexity index is 1540. The maximum Gasteiger partial charge on any atom is 0.334 e. The molecule has 0 aromatic heterocycles. The number of phenols is 1. The maximum absolute atomic E-state index is 14.1. The van der Waals surface area contributed by atoms with Crippen LogP contribution >= 0.6 is 0 Å². The summed E-state index contributed by atoms with van der Waals surface area (Å²) in [6.07, 6.45) is 1.81. The molecule has 8 atom stereocenters. The Balaban J connectivity index is 1.57. The molecule has 228 valence electrons. The van der Waals surface area contributed by atoms with Crippen molar-refractivity contribution in [3.63, 3.8) is 0 Å². The number of nitrogens with two attached hydrogens (primary N) is 1. The molecule has 0 bridgehead atoms. The number of anilines is 1. The number of carbonyl (C=O) groups is 6. The third-order valence-electron chi connectivity index (χ3n) is 9.18. The number of nitrogens with zero attached hydrogens (tertiary/aromatic N) is 1. The van der Waals surface area contributed by atoms with E-state index in [-0.39, 0.29) is 24.3 Å². The number of allylic oxidation sites excluding steroid dienone is 2. The minimum atomic E-state index is -3.07. The molecule has 4 aliphatic carbocycles. The molecule has 0 radical (unpaired) electrons. The molecule has 5 rings (SSSR count). The van der Waals surface area contributed by atoms with E-state index in [4.69, 9.17) is 10.5 Å². The lowest BCUT2D eigenvalue weighted by atomic mass is 9.49. The van der Waals surface area contributed by atoms with Crippen LogP contribution in [0.5, 0.6) is 5.75 Å². The van der Waals surface area contributed by atoms with Crippen LogP contribution in [-0.2, 0) is 28.7 Å². The van der Waals surface area contributed by atoms with Gasteiger partial charge >= 0.3 is 5.97 Å². The van der Waals surface area contributed by atoms with Crippen LogP contribution in [0.2, 0.25) is 0 Å². The number of aromatic hydroxyl groups is 1. The van der Waals surface area contributed by atoms with Crippen LogP contribution < -0.4 is 11.1 Å². The summed E-state index contributed by atoms with van der Waals surface area (Å²) in [5.41, 5.74) is 3.29. The lowest BCUT2D eigenvalue weighted by Crippen LogP contribution is -2.77. The Hall–Kier alpha value is -4.20. The molecule has 1 aromatic rings. The predicted octanol–water partition coefficient (Wildman–Crippen LogP) is -0.412. The second-order valence-corrected chi connectivity index (χ2v) is 11.7. The van der Waals surface area contributed by atoms with Gasteiger partial charge in [-0.05, 0) is 51.1 Å². The number of aliphatic hydroxyl groups excluding tert-OH is 1. The first-order valence-electron chi connectivity index (χ1n) is 13.9. The molecule has 2 unspecified atom stereocenters. The van der Waals surface area contributed by atoms with Crippen molar-refractivity contribution in [3.05, 3.63) is 46.7 Å². The average Bonchev–Trinajstić information content (AvgIpc) is 3.40. The largest absolute Gasteiger partial charge is 0.505 e. The number of benzene rings is 1. The van der Waals surface area contributed by atoms with Crippen LogP contribution in [0, 0.1) is 23.7 Å². The Morgan fingerprint density at radius 2 is 1.84 bits per heavy atom. The number of amides is 1. The first-order valence-corrected chi connectivity index (χ1v) is 13.9. The van der Waals surface area contributed by atoms with Gasteiger partial charge in [0.25, 0.3) is 0 Å². The van der Waals surface area contributed by atoms with E-state index in [9.17, 15) is 44.1 Å². The zero-order valence-electron chi connectivity index (χ0n) is 24.0.